The number of nitrogens with zero attached hydrogens (tertiary/aromatic N) is 3. The first kappa shape index (κ1) is 17.4. The molecule has 1 heterocycles. The molecule has 0 atom stereocenters. The number of aryl methyl sites for hydroxylation is 2. The Labute approximate surface area is 149 Å². The molecule has 3 aromatic rings. The van der Waals surface area contributed by atoms with Crippen LogP contribution in [0.5, 0.6) is 0 Å². The SMILES string of the molecule is Cc1nc2ccccc2n1CCCNc1ccc(C(N)=O)cc1[N+](=O)[O-]. The van der Waals surface area contributed by atoms with E-state index in [1.165, 1.54) is 18.2 Å². The normalized spacial score (nSPS) is 10.8. The highest BCUT2D eigenvalue weighted by Gasteiger charge is 2.16. The first-order valence-electron chi connectivity index (χ1n) is 8.21. The average molecular weight is 353 g/mol. The molecule has 0 fully saturated rings. The number of fused-ring (bicyclic) bond motifs is 1. The summed E-state index contributed by atoms with van der Waals surface area (Å²) in [6, 6.07) is 12.1. The van der Waals surface area contributed by atoms with Crippen LogP contribution in [0.25, 0.3) is 11.0 Å². The summed E-state index contributed by atoms with van der Waals surface area (Å²) >= 11 is 0. The van der Waals surface area contributed by atoms with Gasteiger partial charge in [0.15, 0.2) is 0 Å². The van der Waals surface area contributed by atoms with E-state index in [-0.39, 0.29) is 11.3 Å². The molecule has 2 aromatic carbocycles. The number of anilines is 1. The Balaban J connectivity index is 1.67. The predicted molar refractivity (Wildman–Crippen MR) is 99.2 cm³/mol. The molecule has 0 aliphatic rings. The standard InChI is InChI=1S/C18H19N5O3/c1-12-21-15-5-2-3-6-16(15)22(12)10-4-9-20-14-8-7-13(18(19)24)11-17(14)23(25)26/h2-3,5-8,11,20H,4,9-10H2,1H3,(H2,19,24). The fourth-order valence-electron chi connectivity index (χ4n) is 2.92. The number of nitrogens with one attached hydrogen (secondary N) is 1. The minimum Gasteiger partial charge on any atom is -0.379 e. The van der Waals surface area contributed by atoms with Crippen molar-refractivity contribution in [2.45, 2.75) is 19.9 Å². The Morgan fingerprint density at radius 2 is 2.08 bits per heavy atom. The number of nitro benzene ring substituents is 1. The summed E-state index contributed by atoms with van der Waals surface area (Å²) in [6.45, 7) is 3.25. The van der Waals surface area contributed by atoms with Gasteiger partial charge < -0.3 is 15.6 Å². The van der Waals surface area contributed by atoms with E-state index in [2.05, 4.69) is 14.9 Å². The van der Waals surface area contributed by atoms with Crippen LogP contribution in [0.4, 0.5) is 11.4 Å². The van der Waals surface area contributed by atoms with Crippen molar-refractivity contribution in [2.24, 2.45) is 5.73 Å². The fraction of sp³-hybridized carbons (Fsp3) is 0.222. The van der Waals surface area contributed by atoms with Crippen LogP contribution < -0.4 is 11.1 Å². The molecule has 0 radical (unpaired) electrons. The van der Waals surface area contributed by atoms with Gasteiger partial charge in [0, 0.05) is 24.7 Å². The zero-order chi connectivity index (χ0) is 18.7. The second-order valence-corrected chi connectivity index (χ2v) is 5.93. The molecule has 0 aliphatic heterocycles. The van der Waals surface area contributed by atoms with E-state index in [1.807, 2.05) is 31.2 Å². The second-order valence-electron chi connectivity index (χ2n) is 5.93. The Morgan fingerprint density at radius 3 is 2.81 bits per heavy atom. The van der Waals surface area contributed by atoms with E-state index in [0.717, 1.165) is 29.8 Å². The van der Waals surface area contributed by atoms with Gasteiger partial charge in [-0.15, -0.1) is 0 Å². The monoisotopic (exact) mass is 353 g/mol. The van der Waals surface area contributed by atoms with Crippen LogP contribution in [0, 0.1) is 17.0 Å². The van der Waals surface area contributed by atoms with Crippen LogP contribution in [0.3, 0.4) is 0 Å². The Hall–Kier alpha value is -3.42. The second kappa shape index (κ2) is 7.22. The number of primary amides is 1. The van der Waals surface area contributed by atoms with Crippen LogP contribution in [0.2, 0.25) is 0 Å². The van der Waals surface area contributed by atoms with Gasteiger partial charge in [0.2, 0.25) is 5.91 Å². The molecule has 3 N–H and O–H groups in total. The van der Waals surface area contributed by atoms with Crippen molar-refractivity contribution in [1.82, 2.24) is 9.55 Å². The number of benzene rings is 2. The summed E-state index contributed by atoms with van der Waals surface area (Å²) in [6.07, 6.45) is 0.760. The summed E-state index contributed by atoms with van der Waals surface area (Å²) in [5, 5.41) is 14.3. The highest BCUT2D eigenvalue weighted by Crippen LogP contribution is 2.25. The minimum atomic E-state index is -0.692. The first-order valence-corrected chi connectivity index (χ1v) is 8.21. The molecule has 0 saturated carbocycles. The van der Waals surface area contributed by atoms with Crippen LogP contribution in [0.1, 0.15) is 22.6 Å². The molecule has 3 rings (SSSR count). The van der Waals surface area contributed by atoms with Gasteiger partial charge in [-0.25, -0.2) is 4.98 Å². The smallest absolute Gasteiger partial charge is 0.293 e. The number of nitrogens with two attached hydrogens (primary N) is 1. The van der Waals surface area contributed by atoms with Crippen LogP contribution in [-0.4, -0.2) is 26.9 Å². The highest BCUT2D eigenvalue weighted by atomic mass is 16.6. The van der Waals surface area contributed by atoms with Gasteiger partial charge in [0.25, 0.3) is 5.69 Å². The number of imidazole rings is 1. The third-order valence-electron chi connectivity index (χ3n) is 4.20. The third kappa shape index (κ3) is 3.49. The molecule has 134 valence electrons. The molecule has 0 saturated heterocycles. The lowest BCUT2D eigenvalue weighted by Crippen LogP contribution is -2.13. The van der Waals surface area contributed by atoms with Crippen molar-refractivity contribution < 1.29 is 9.72 Å². The third-order valence-corrected chi connectivity index (χ3v) is 4.20. The van der Waals surface area contributed by atoms with Crippen molar-refractivity contribution in [3.05, 3.63) is 64.0 Å². The highest BCUT2D eigenvalue weighted by molar-refractivity contribution is 5.94. The van der Waals surface area contributed by atoms with Crippen LogP contribution in [-0.2, 0) is 6.54 Å². The largest absolute Gasteiger partial charge is 0.379 e. The number of amides is 1. The molecule has 0 spiro atoms. The Bertz CT molecular complexity index is 980. The lowest BCUT2D eigenvalue weighted by Gasteiger charge is -2.10. The summed E-state index contributed by atoms with van der Waals surface area (Å²) in [4.78, 5) is 26.4. The number of hydrogen-bond acceptors (Lipinski definition) is 5. The average Bonchev–Trinajstić information content (AvgIpc) is 2.93. The van der Waals surface area contributed by atoms with E-state index >= 15 is 0 Å². The zero-order valence-electron chi connectivity index (χ0n) is 14.3. The number of aromatic nitrogens is 2. The van der Waals surface area contributed by atoms with Gasteiger partial charge in [-0.1, -0.05) is 12.1 Å². The summed E-state index contributed by atoms with van der Waals surface area (Å²) < 4.78 is 2.13. The zero-order valence-corrected chi connectivity index (χ0v) is 14.3. The number of carbonyl (C=O) groups excluding carboxylic acids is 1. The quantitative estimate of drug-likeness (QED) is 0.385. The number of para-hydroxylation sites is 2. The van der Waals surface area contributed by atoms with Gasteiger partial charge in [0.05, 0.1) is 16.0 Å². The summed E-state index contributed by atoms with van der Waals surface area (Å²) in [7, 11) is 0. The molecule has 0 bridgehead atoms. The molecule has 1 amide bonds. The predicted octanol–water partition coefficient (Wildman–Crippen LogP) is 2.85. The maximum absolute atomic E-state index is 11.2. The van der Waals surface area contributed by atoms with Crippen molar-refractivity contribution in [3.8, 4) is 0 Å². The molecular formula is C18H19N5O3. The van der Waals surface area contributed by atoms with E-state index in [4.69, 9.17) is 5.73 Å². The summed E-state index contributed by atoms with van der Waals surface area (Å²) in [5.74, 6) is 0.241. The number of nitro groups is 1. The number of hydrogen-bond donors (Lipinski definition) is 2. The van der Waals surface area contributed by atoms with E-state index in [9.17, 15) is 14.9 Å². The van der Waals surface area contributed by atoms with Gasteiger partial charge in [-0.3, -0.25) is 14.9 Å². The summed E-state index contributed by atoms with van der Waals surface area (Å²) in [5.41, 5.74) is 7.52. The van der Waals surface area contributed by atoms with Crippen molar-refractivity contribution in [3.63, 3.8) is 0 Å². The lowest BCUT2D eigenvalue weighted by molar-refractivity contribution is -0.384. The number of rotatable bonds is 7. The van der Waals surface area contributed by atoms with Crippen molar-refractivity contribution >= 4 is 28.3 Å². The van der Waals surface area contributed by atoms with Gasteiger partial charge in [0.1, 0.15) is 11.5 Å². The van der Waals surface area contributed by atoms with E-state index in [0.29, 0.717) is 12.2 Å². The van der Waals surface area contributed by atoms with Crippen molar-refractivity contribution in [2.75, 3.05) is 11.9 Å². The topological polar surface area (TPSA) is 116 Å². The van der Waals surface area contributed by atoms with Gasteiger partial charge >= 0.3 is 0 Å². The molecular weight excluding hydrogens is 334 g/mol. The van der Waals surface area contributed by atoms with Gasteiger partial charge in [-0.2, -0.15) is 0 Å². The van der Waals surface area contributed by atoms with E-state index < -0.39 is 10.8 Å². The maximum Gasteiger partial charge on any atom is 0.293 e. The minimum absolute atomic E-state index is 0.114. The van der Waals surface area contributed by atoms with Crippen molar-refractivity contribution in [1.29, 1.82) is 0 Å². The Morgan fingerprint density at radius 1 is 1.31 bits per heavy atom. The molecule has 26 heavy (non-hydrogen) atoms. The first-order chi connectivity index (χ1) is 12.5. The molecule has 0 aliphatic carbocycles. The lowest BCUT2D eigenvalue weighted by atomic mass is 10.1. The Kier molecular flexibility index (Phi) is 4.83. The molecule has 0 unspecified atom stereocenters. The van der Waals surface area contributed by atoms with Crippen LogP contribution >= 0.6 is 0 Å². The molecule has 8 nitrogen and oxygen atoms in total. The van der Waals surface area contributed by atoms with Gasteiger partial charge in [-0.05, 0) is 37.6 Å². The van der Waals surface area contributed by atoms with E-state index in [1.54, 1.807) is 0 Å². The maximum atomic E-state index is 11.2. The molecule has 8 heteroatoms. The fourth-order valence-corrected chi connectivity index (χ4v) is 2.92. The molecule has 1 aromatic heterocycles. The number of carbonyl (C=O) groups is 1. The van der Waals surface area contributed by atoms with Crippen LogP contribution in [0.15, 0.2) is 42.5 Å².